The SMILES string of the molecule is CNCC1CCCN1Cc1nnnn1C1CC1. The van der Waals surface area contributed by atoms with E-state index in [4.69, 9.17) is 0 Å². The Morgan fingerprint density at radius 2 is 2.24 bits per heavy atom. The van der Waals surface area contributed by atoms with Crippen molar-refractivity contribution >= 4 is 0 Å². The first kappa shape index (κ1) is 11.1. The van der Waals surface area contributed by atoms with Gasteiger partial charge in [0.25, 0.3) is 0 Å². The van der Waals surface area contributed by atoms with Gasteiger partial charge >= 0.3 is 0 Å². The van der Waals surface area contributed by atoms with Gasteiger partial charge < -0.3 is 5.32 Å². The molecule has 2 fully saturated rings. The average molecular weight is 236 g/mol. The number of nitrogens with zero attached hydrogens (tertiary/aromatic N) is 5. The van der Waals surface area contributed by atoms with Gasteiger partial charge in [-0.25, -0.2) is 4.68 Å². The molecular formula is C11H20N6. The molecule has 3 rings (SSSR count). The Kier molecular flexibility index (Phi) is 3.07. The van der Waals surface area contributed by atoms with E-state index in [-0.39, 0.29) is 0 Å². The minimum absolute atomic E-state index is 0.574. The fourth-order valence-electron chi connectivity index (χ4n) is 2.67. The summed E-state index contributed by atoms with van der Waals surface area (Å²) in [6.45, 7) is 3.13. The number of likely N-dealkylation sites (tertiary alicyclic amines) is 1. The molecule has 1 aromatic rings. The summed E-state index contributed by atoms with van der Waals surface area (Å²) in [5, 5.41) is 15.4. The molecule has 0 aromatic carbocycles. The van der Waals surface area contributed by atoms with Crippen LogP contribution in [0.3, 0.4) is 0 Å². The molecule has 17 heavy (non-hydrogen) atoms. The smallest absolute Gasteiger partial charge is 0.165 e. The van der Waals surface area contributed by atoms with Crippen LogP contribution in [0.15, 0.2) is 0 Å². The Labute approximate surface area is 101 Å². The molecule has 0 spiro atoms. The molecule has 0 amide bonds. The van der Waals surface area contributed by atoms with Crippen LogP contribution in [0.1, 0.15) is 37.5 Å². The van der Waals surface area contributed by atoms with Crippen molar-refractivity contribution in [2.75, 3.05) is 20.1 Å². The maximum atomic E-state index is 4.18. The molecule has 1 N–H and O–H groups in total. The van der Waals surface area contributed by atoms with E-state index >= 15 is 0 Å². The van der Waals surface area contributed by atoms with E-state index in [0.29, 0.717) is 12.1 Å². The maximum Gasteiger partial charge on any atom is 0.165 e. The molecule has 0 bridgehead atoms. The summed E-state index contributed by atoms with van der Waals surface area (Å²) in [4.78, 5) is 2.50. The number of rotatable bonds is 5. The molecule has 1 atom stereocenters. The van der Waals surface area contributed by atoms with Crippen LogP contribution in [0.4, 0.5) is 0 Å². The summed E-state index contributed by atoms with van der Waals surface area (Å²) < 4.78 is 2.02. The maximum absolute atomic E-state index is 4.18. The van der Waals surface area contributed by atoms with Gasteiger partial charge in [0, 0.05) is 12.6 Å². The van der Waals surface area contributed by atoms with Crippen LogP contribution in [0.2, 0.25) is 0 Å². The summed E-state index contributed by atoms with van der Waals surface area (Å²) in [7, 11) is 2.02. The third kappa shape index (κ3) is 2.32. The lowest BCUT2D eigenvalue weighted by atomic mass is 10.2. The van der Waals surface area contributed by atoms with E-state index < -0.39 is 0 Å². The Hall–Kier alpha value is -1.01. The van der Waals surface area contributed by atoms with Crippen LogP contribution in [-0.2, 0) is 6.54 Å². The fourth-order valence-corrected chi connectivity index (χ4v) is 2.67. The molecule has 6 nitrogen and oxygen atoms in total. The van der Waals surface area contributed by atoms with Crippen molar-refractivity contribution in [3.8, 4) is 0 Å². The second-order valence-corrected chi connectivity index (χ2v) is 5.10. The molecule has 1 aliphatic heterocycles. The van der Waals surface area contributed by atoms with Crippen LogP contribution >= 0.6 is 0 Å². The lowest BCUT2D eigenvalue weighted by Gasteiger charge is -2.23. The lowest BCUT2D eigenvalue weighted by molar-refractivity contribution is 0.232. The van der Waals surface area contributed by atoms with Crippen LogP contribution in [0.5, 0.6) is 0 Å². The zero-order valence-corrected chi connectivity index (χ0v) is 10.3. The largest absolute Gasteiger partial charge is 0.318 e. The summed E-state index contributed by atoms with van der Waals surface area (Å²) in [5.74, 6) is 1.04. The fraction of sp³-hybridized carbons (Fsp3) is 0.909. The Morgan fingerprint density at radius 3 is 3.00 bits per heavy atom. The summed E-state index contributed by atoms with van der Waals surface area (Å²) >= 11 is 0. The van der Waals surface area contributed by atoms with E-state index in [1.165, 1.54) is 32.2 Å². The molecule has 1 saturated carbocycles. The molecule has 1 aromatic heterocycles. The lowest BCUT2D eigenvalue weighted by Crippen LogP contribution is -2.37. The van der Waals surface area contributed by atoms with Gasteiger partial charge in [-0.2, -0.15) is 0 Å². The highest BCUT2D eigenvalue weighted by molar-refractivity contribution is 4.92. The summed E-state index contributed by atoms with van der Waals surface area (Å²) in [5.41, 5.74) is 0. The first-order valence-corrected chi connectivity index (χ1v) is 6.54. The Morgan fingerprint density at radius 1 is 1.35 bits per heavy atom. The Bertz CT molecular complexity index is 372. The summed E-state index contributed by atoms with van der Waals surface area (Å²) in [6.07, 6.45) is 5.04. The van der Waals surface area contributed by atoms with E-state index in [9.17, 15) is 0 Å². The van der Waals surface area contributed by atoms with Crippen molar-refractivity contribution in [2.24, 2.45) is 0 Å². The van der Waals surface area contributed by atoms with Gasteiger partial charge in [-0.1, -0.05) is 0 Å². The van der Waals surface area contributed by atoms with Gasteiger partial charge in [-0.3, -0.25) is 4.90 Å². The van der Waals surface area contributed by atoms with Gasteiger partial charge in [0.15, 0.2) is 5.82 Å². The van der Waals surface area contributed by atoms with Crippen molar-refractivity contribution < 1.29 is 0 Å². The highest BCUT2D eigenvalue weighted by Crippen LogP contribution is 2.34. The molecular weight excluding hydrogens is 216 g/mol. The van der Waals surface area contributed by atoms with Crippen LogP contribution in [0.25, 0.3) is 0 Å². The van der Waals surface area contributed by atoms with Gasteiger partial charge in [0.05, 0.1) is 12.6 Å². The van der Waals surface area contributed by atoms with Crippen molar-refractivity contribution in [1.29, 1.82) is 0 Å². The molecule has 1 aliphatic carbocycles. The van der Waals surface area contributed by atoms with Gasteiger partial charge in [-0.05, 0) is 49.7 Å². The van der Waals surface area contributed by atoms with Crippen LogP contribution in [-0.4, -0.2) is 51.3 Å². The minimum Gasteiger partial charge on any atom is -0.318 e. The van der Waals surface area contributed by atoms with E-state index in [1.54, 1.807) is 0 Å². The van der Waals surface area contributed by atoms with Crippen molar-refractivity contribution in [2.45, 2.75) is 44.3 Å². The zero-order chi connectivity index (χ0) is 11.7. The molecule has 0 radical (unpaired) electrons. The molecule has 2 aliphatic rings. The Balaban J connectivity index is 1.66. The number of aromatic nitrogens is 4. The molecule has 1 saturated heterocycles. The molecule has 6 heteroatoms. The van der Waals surface area contributed by atoms with E-state index in [2.05, 4.69) is 25.7 Å². The number of hydrogen-bond acceptors (Lipinski definition) is 5. The zero-order valence-electron chi connectivity index (χ0n) is 10.3. The van der Waals surface area contributed by atoms with Crippen LogP contribution in [0, 0.1) is 0 Å². The molecule has 2 heterocycles. The second kappa shape index (κ2) is 4.70. The van der Waals surface area contributed by atoms with Gasteiger partial charge in [0.2, 0.25) is 0 Å². The number of likely N-dealkylation sites (N-methyl/N-ethyl adjacent to an activating group) is 1. The first-order chi connectivity index (χ1) is 8.38. The van der Waals surface area contributed by atoms with Crippen molar-refractivity contribution in [3.63, 3.8) is 0 Å². The van der Waals surface area contributed by atoms with Crippen molar-refractivity contribution in [3.05, 3.63) is 5.82 Å². The normalized spacial score (nSPS) is 25.6. The van der Waals surface area contributed by atoms with Crippen LogP contribution < -0.4 is 5.32 Å². The van der Waals surface area contributed by atoms with Gasteiger partial charge in [-0.15, -0.1) is 5.10 Å². The third-order valence-electron chi connectivity index (χ3n) is 3.74. The monoisotopic (exact) mass is 236 g/mol. The molecule has 1 unspecified atom stereocenters. The second-order valence-electron chi connectivity index (χ2n) is 5.10. The predicted octanol–water partition coefficient (Wildman–Crippen LogP) is 0.192. The predicted molar refractivity (Wildman–Crippen MR) is 63.4 cm³/mol. The first-order valence-electron chi connectivity index (χ1n) is 6.54. The third-order valence-corrected chi connectivity index (χ3v) is 3.74. The molecule has 94 valence electrons. The summed E-state index contributed by atoms with van der Waals surface area (Å²) in [6, 6.07) is 1.22. The quantitative estimate of drug-likeness (QED) is 0.791. The number of nitrogens with one attached hydrogen (secondary N) is 1. The highest BCUT2D eigenvalue weighted by Gasteiger charge is 2.30. The van der Waals surface area contributed by atoms with Gasteiger partial charge in [0.1, 0.15) is 0 Å². The average Bonchev–Trinajstić information content (AvgIpc) is 2.92. The topological polar surface area (TPSA) is 58.9 Å². The number of tetrazole rings is 1. The van der Waals surface area contributed by atoms with E-state index in [1.807, 2.05) is 11.7 Å². The highest BCUT2D eigenvalue weighted by atomic mass is 15.6. The standard InChI is InChI=1S/C11H20N6/c1-12-7-10-3-2-6-16(10)8-11-13-14-15-17(11)9-4-5-9/h9-10,12H,2-8H2,1H3. The number of hydrogen-bond donors (Lipinski definition) is 1. The van der Waals surface area contributed by atoms with Crippen molar-refractivity contribution in [1.82, 2.24) is 30.4 Å². The van der Waals surface area contributed by atoms with E-state index in [0.717, 1.165) is 18.9 Å². The minimum atomic E-state index is 0.574.